The Morgan fingerprint density at radius 3 is 2.81 bits per heavy atom. The third-order valence-electron chi connectivity index (χ3n) is 4.30. The molecule has 134 valence electrons. The average Bonchev–Trinajstić information content (AvgIpc) is 2.68. The number of hydrogen-bond acceptors (Lipinski definition) is 3. The zero-order chi connectivity index (χ0) is 18.2. The molecule has 0 heterocycles. The summed E-state index contributed by atoms with van der Waals surface area (Å²) < 4.78 is 10.8. The molecular formula is C22H23O3P. The van der Waals surface area contributed by atoms with E-state index >= 15 is 0 Å². The zero-order valence-corrected chi connectivity index (χ0v) is 15.9. The minimum absolute atomic E-state index is 0.211. The van der Waals surface area contributed by atoms with Crippen molar-refractivity contribution in [1.82, 2.24) is 0 Å². The Bertz CT molecular complexity index is 811. The molecule has 2 aromatic rings. The normalized spacial score (nSPS) is 16.3. The molecule has 2 unspecified atom stereocenters. The molecule has 0 spiro atoms. The quantitative estimate of drug-likeness (QED) is 0.405. The Kier molecular flexibility index (Phi) is 6.76. The number of methoxy groups -OCH3 is 1. The van der Waals surface area contributed by atoms with E-state index < -0.39 is 0 Å². The molecule has 2 atom stereocenters. The van der Waals surface area contributed by atoms with E-state index in [1.54, 1.807) is 7.11 Å². The molecule has 0 saturated heterocycles. The van der Waals surface area contributed by atoms with Crippen LogP contribution >= 0.6 is 8.58 Å². The largest absolute Gasteiger partial charge is 0.467 e. The van der Waals surface area contributed by atoms with Crippen molar-refractivity contribution in [2.45, 2.75) is 12.8 Å². The van der Waals surface area contributed by atoms with Gasteiger partial charge in [0.1, 0.15) is 5.75 Å². The van der Waals surface area contributed by atoms with Crippen molar-refractivity contribution >= 4 is 25.5 Å². The third kappa shape index (κ3) is 4.91. The monoisotopic (exact) mass is 366 g/mol. The first-order valence-corrected chi connectivity index (χ1v) is 9.69. The molecule has 3 rings (SSSR count). The maximum absolute atomic E-state index is 11.3. The second kappa shape index (κ2) is 9.47. The summed E-state index contributed by atoms with van der Waals surface area (Å²) in [6, 6.07) is 14.1. The van der Waals surface area contributed by atoms with Crippen molar-refractivity contribution in [1.29, 1.82) is 0 Å². The van der Waals surface area contributed by atoms with Crippen LogP contribution in [0, 0.1) is 5.92 Å². The Morgan fingerprint density at radius 2 is 2.04 bits per heavy atom. The smallest absolute Gasteiger partial charge is 0.188 e. The summed E-state index contributed by atoms with van der Waals surface area (Å²) in [7, 11) is 1.97. The van der Waals surface area contributed by atoms with Gasteiger partial charge >= 0.3 is 0 Å². The molecule has 0 aliphatic heterocycles. The summed E-state index contributed by atoms with van der Waals surface area (Å²) in [6.45, 7) is 0.211. The third-order valence-corrected chi connectivity index (χ3v) is 5.69. The van der Waals surface area contributed by atoms with Crippen LogP contribution in [-0.4, -0.2) is 20.2 Å². The van der Waals surface area contributed by atoms with Crippen molar-refractivity contribution in [3.63, 3.8) is 0 Å². The topological polar surface area (TPSA) is 35.5 Å². The molecule has 0 radical (unpaired) electrons. The standard InChI is InChI=1S/C22H23O3P/c1-24-16-25-20-12-11-18(13-17-7-3-2-4-8-17)14-22(20)26-21-10-6-5-9-19(21)15-23/h2-7,9-12,14-15,17,26H,8,13,16H2,1H3. The van der Waals surface area contributed by atoms with Gasteiger partial charge in [-0.3, -0.25) is 4.79 Å². The Morgan fingerprint density at radius 1 is 1.15 bits per heavy atom. The number of allylic oxidation sites excluding steroid dienone is 4. The lowest BCUT2D eigenvalue weighted by Crippen LogP contribution is -2.14. The fourth-order valence-corrected chi connectivity index (χ4v) is 4.29. The van der Waals surface area contributed by atoms with Gasteiger partial charge in [0.2, 0.25) is 0 Å². The molecule has 0 amide bonds. The van der Waals surface area contributed by atoms with E-state index in [0.717, 1.165) is 41.0 Å². The fourth-order valence-electron chi connectivity index (χ4n) is 2.99. The van der Waals surface area contributed by atoms with Crippen molar-refractivity contribution in [3.05, 3.63) is 77.9 Å². The van der Waals surface area contributed by atoms with E-state index in [2.05, 4.69) is 36.4 Å². The van der Waals surface area contributed by atoms with Crippen LogP contribution in [0.1, 0.15) is 22.3 Å². The number of carbonyl (C=O) groups excluding carboxylic acids is 1. The Hall–Kier alpha value is -2.22. The maximum atomic E-state index is 11.3. The van der Waals surface area contributed by atoms with Crippen molar-refractivity contribution in [2.75, 3.05) is 13.9 Å². The molecule has 0 N–H and O–H groups in total. The van der Waals surface area contributed by atoms with Crippen molar-refractivity contribution < 1.29 is 14.3 Å². The first-order valence-electron chi connectivity index (χ1n) is 8.69. The minimum Gasteiger partial charge on any atom is -0.467 e. The maximum Gasteiger partial charge on any atom is 0.188 e. The van der Waals surface area contributed by atoms with Gasteiger partial charge in [0.05, 0.1) is 0 Å². The van der Waals surface area contributed by atoms with E-state index in [-0.39, 0.29) is 6.79 Å². The van der Waals surface area contributed by atoms with Crippen molar-refractivity contribution in [2.24, 2.45) is 5.92 Å². The van der Waals surface area contributed by atoms with Gasteiger partial charge in [0, 0.05) is 18.0 Å². The highest BCUT2D eigenvalue weighted by atomic mass is 31.1. The lowest BCUT2D eigenvalue weighted by molar-refractivity contribution is 0.0519. The highest BCUT2D eigenvalue weighted by Gasteiger charge is 2.12. The number of aldehydes is 1. The van der Waals surface area contributed by atoms with E-state index in [9.17, 15) is 4.79 Å². The Balaban J connectivity index is 1.86. The highest BCUT2D eigenvalue weighted by Crippen LogP contribution is 2.24. The van der Waals surface area contributed by atoms with Crippen LogP contribution in [0.2, 0.25) is 0 Å². The van der Waals surface area contributed by atoms with Gasteiger partial charge < -0.3 is 9.47 Å². The molecule has 1 aliphatic carbocycles. The zero-order valence-electron chi connectivity index (χ0n) is 14.9. The predicted molar refractivity (Wildman–Crippen MR) is 108 cm³/mol. The Labute approximate surface area is 156 Å². The SMILES string of the molecule is COCOc1ccc(CC2C=CC=CC2)cc1Pc1ccccc1C=O. The number of carbonyl (C=O) groups is 1. The number of benzene rings is 2. The molecule has 3 nitrogen and oxygen atoms in total. The molecule has 0 aromatic heterocycles. The van der Waals surface area contributed by atoms with Gasteiger partial charge in [0.15, 0.2) is 13.1 Å². The second-order valence-electron chi connectivity index (χ2n) is 6.22. The van der Waals surface area contributed by atoms with Crippen LogP contribution in [0.3, 0.4) is 0 Å². The molecule has 2 aromatic carbocycles. The van der Waals surface area contributed by atoms with Crippen LogP contribution in [0.15, 0.2) is 66.8 Å². The van der Waals surface area contributed by atoms with Gasteiger partial charge in [-0.1, -0.05) is 63.2 Å². The molecule has 26 heavy (non-hydrogen) atoms. The summed E-state index contributed by atoms with van der Waals surface area (Å²) in [5, 5.41) is 2.13. The van der Waals surface area contributed by atoms with Crippen LogP contribution in [0.4, 0.5) is 0 Å². The lowest BCUT2D eigenvalue weighted by atomic mass is 9.93. The van der Waals surface area contributed by atoms with E-state index in [0.29, 0.717) is 14.5 Å². The summed E-state index contributed by atoms with van der Waals surface area (Å²) in [5.74, 6) is 1.35. The first kappa shape index (κ1) is 18.6. The number of rotatable bonds is 8. The number of hydrogen-bond donors (Lipinski definition) is 0. The van der Waals surface area contributed by atoms with Crippen LogP contribution in [0.5, 0.6) is 5.75 Å². The molecule has 1 aliphatic rings. The van der Waals surface area contributed by atoms with Gasteiger partial charge in [-0.15, -0.1) is 0 Å². The van der Waals surface area contributed by atoms with E-state index in [1.165, 1.54) is 5.56 Å². The summed E-state index contributed by atoms with van der Waals surface area (Å²) in [6.07, 6.45) is 11.7. The van der Waals surface area contributed by atoms with Crippen LogP contribution in [0.25, 0.3) is 0 Å². The second-order valence-corrected chi connectivity index (χ2v) is 7.55. The molecule has 0 bridgehead atoms. The first-order chi connectivity index (χ1) is 12.8. The summed E-state index contributed by atoms with van der Waals surface area (Å²) in [4.78, 5) is 11.3. The van der Waals surface area contributed by atoms with Gasteiger partial charge in [-0.2, -0.15) is 0 Å². The fraction of sp³-hybridized carbons (Fsp3) is 0.227. The number of ether oxygens (including phenoxy) is 2. The molecule has 4 heteroatoms. The van der Waals surface area contributed by atoms with Crippen LogP contribution < -0.4 is 15.3 Å². The lowest BCUT2D eigenvalue weighted by Gasteiger charge is -2.16. The van der Waals surface area contributed by atoms with E-state index in [4.69, 9.17) is 9.47 Å². The van der Waals surface area contributed by atoms with Crippen molar-refractivity contribution in [3.8, 4) is 5.75 Å². The minimum atomic E-state index is 0.211. The molecule has 0 saturated carbocycles. The molecular weight excluding hydrogens is 343 g/mol. The van der Waals surface area contributed by atoms with Gasteiger partial charge in [0.25, 0.3) is 0 Å². The average molecular weight is 366 g/mol. The van der Waals surface area contributed by atoms with Gasteiger partial charge in [-0.05, 0) is 41.8 Å². The summed E-state index contributed by atoms with van der Waals surface area (Å²) in [5.41, 5.74) is 2.01. The van der Waals surface area contributed by atoms with Gasteiger partial charge in [-0.25, -0.2) is 0 Å². The summed E-state index contributed by atoms with van der Waals surface area (Å²) >= 11 is 0. The van der Waals surface area contributed by atoms with E-state index in [1.807, 2.05) is 30.3 Å². The highest BCUT2D eigenvalue weighted by molar-refractivity contribution is 7.56. The predicted octanol–water partition coefficient (Wildman–Crippen LogP) is 3.79. The molecule has 0 fully saturated rings. The van der Waals surface area contributed by atoms with Crippen LogP contribution in [-0.2, 0) is 11.2 Å².